The highest BCUT2D eigenvalue weighted by atomic mass is 16.6. The number of nitrogens with one attached hydrogen (secondary N) is 2. The molecule has 2 N–H and O–H groups in total. The van der Waals surface area contributed by atoms with Gasteiger partial charge in [-0.05, 0) is 45.7 Å². The van der Waals surface area contributed by atoms with Crippen molar-refractivity contribution < 1.29 is 19.1 Å². The molecule has 0 aliphatic rings. The molecule has 2 aromatic rings. The number of nitrogens with zero attached hydrogens (tertiary/aromatic N) is 2. The van der Waals surface area contributed by atoms with Gasteiger partial charge >= 0.3 is 6.09 Å². The van der Waals surface area contributed by atoms with Gasteiger partial charge in [0.05, 0.1) is 6.07 Å². The Hall–Kier alpha value is -3.86. The van der Waals surface area contributed by atoms with Crippen molar-refractivity contribution in [2.24, 2.45) is 0 Å². The van der Waals surface area contributed by atoms with Crippen molar-refractivity contribution >= 4 is 17.9 Å². The topological polar surface area (TPSA) is 112 Å². The molecule has 0 aliphatic carbocycles. The van der Waals surface area contributed by atoms with Crippen molar-refractivity contribution in [1.29, 1.82) is 5.26 Å². The molecular formula is C26H32N4O4. The van der Waals surface area contributed by atoms with E-state index in [9.17, 15) is 19.6 Å². The molecule has 0 aromatic heterocycles. The highest BCUT2D eigenvalue weighted by Gasteiger charge is 2.34. The van der Waals surface area contributed by atoms with Crippen LogP contribution < -0.4 is 10.6 Å². The number of carbonyl (C=O) groups is 3. The van der Waals surface area contributed by atoms with Crippen molar-refractivity contribution in [1.82, 2.24) is 15.5 Å². The van der Waals surface area contributed by atoms with Crippen LogP contribution in [0, 0.1) is 18.3 Å². The maximum Gasteiger partial charge on any atom is 0.408 e. The highest BCUT2D eigenvalue weighted by Crippen LogP contribution is 2.23. The van der Waals surface area contributed by atoms with Crippen molar-refractivity contribution in [3.05, 3.63) is 71.3 Å². The van der Waals surface area contributed by atoms with Gasteiger partial charge in [0, 0.05) is 6.54 Å². The molecule has 0 radical (unpaired) electrons. The third-order valence-corrected chi connectivity index (χ3v) is 4.86. The molecule has 0 saturated carbocycles. The number of carbonyl (C=O) groups excluding carboxylic acids is 3. The highest BCUT2D eigenvalue weighted by molar-refractivity contribution is 5.92. The molecule has 0 fully saturated rings. The number of aryl methyl sites for hydroxylation is 1. The first kappa shape index (κ1) is 26.4. The van der Waals surface area contributed by atoms with Crippen molar-refractivity contribution in [2.45, 2.75) is 58.8 Å². The fourth-order valence-corrected chi connectivity index (χ4v) is 3.36. The van der Waals surface area contributed by atoms with E-state index in [1.54, 1.807) is 39.0 Å². The average molecular weight is 465 g/mol. The fourth-order valence-electron chi connectivity index (χ4n) is 3.36. The van der Waals surface area contributed by atoms with Crippen LogP contribution in [0.25, 0.3) is 0 Å². The van der Waals surface area contributed by atoms with Gasteiger partial charge in [0.2, 0.25) is 11.8 Å². The minimum Gasteiger partial charge on any atom is -0.444 e. The van der Waals surface area contributed by atoms with Crippen LogP contribution in [0.15, 0.2) is 54.6 Å². The SMILES string of the molecule is Cc1cccc(C(C(=O)NCc2ccccc2)N(CC#N)C(=O)C(C)NC(=O)OC(C)(C)C)c1. The van der Waals surface area contributed by atoms with E-state index in [0.717, 1.165) is 11.1 Å². The molecule has 0 spiro atoms. The van der Waals surface area contributed by atoms with Crippen LogP contribution in [0.2, 0.25) is 0 Å². The van der Waals surface area contributed by atoms with Gasteiger partial charge in [-0.1, -0.05) is 60.2 Å². The predicted octanol–water partition coefficient (Wildman–Crippen LogP) is 3.62. The first-order valence-electron chi connectivity index (χ1n) is 11.1. The number of nitriles is 1. The smallest absolute Gasteiger partial charge is 0.408 e. The molecule has 0 heterocycles. The predicted molar refractivity (Wildman–Crippen MR) is 128 cm³/mol. The second-order valence-electron chi connectivity index (χ2n) is 9.01. The van der Waals surface area contributed by atoms with Gasteiger partial charge in [-0.2, -0.15) is 5.26 Å². The zero-order valence-corrected chi connectivity index (χ0v) is 20.3. The molecule has 0 aliphatic heterocycles. The number of benzene rings is 2. The Morgan fingerprint density at radius 1 is 1.09 bits per heavy atom. The van der Waals surface area contributed by atoms with Gasteiger partial charge in [0.1, 0.15) is 24.2 Å². The fraction of sp³-hybridized carbons (Fsp3) is 0.385. The molecule has 2 atom stereocenters. The maximum atomic E-state index is 13.4. The van der Waals surface area contributed by atoms with Gasteiger partial charge < -0.3 is 20.3 Å². The molecule has 8 heteroatoms. The van der Waals surface area contributed by atoms with E-state index >= 15 is 0 Å². The summed E-state index contributed by atoms with van der Waals surface area (Å²) in [6.45, 7) is 8.44. The third kappa shape index (κ3) is 7.93. The number of alkyl carbamates (subject to hydrolysis) is 1. The molecule has 2 aromatic carbocycles. The Morgan fingerprint density at radius 3 is 2.35 bits per heavy atom. The van der Waals surface area contributed by atoms with Gasteiger partial charge in [-0.15, -0.1) is 0 Å². The zero-order chi connectivity index (χ0) is 25.3. The zero-order valence-electron chi connectivity index (χ0n) is 20.3. The lowest BCUT2D eigenvalue weighted by atomic mass is 10.0. The molecule has 0 saturated heterocycles. The van der Waals surface area contributed by atoms with Crippen LogP contribution in [0.5, 0.6) is 0 Å². The van der Waals surface area contributed by atoms with E-state index in [-0.39, 0.29) is 13.1 Å². The quantitative estimate of drug-likeness (QED) is 0.580. The second-order valence-corrected chi connectivity index (χ2v) is 9.01. The van der Waals surface area contributed by atoms with Crippen molar-refractivity contribution in [3.8, 4) is 6.07 Å². The van der Waals surface area contributed by atoms with Gasteiger partial charge in [0.25, 0.3) is 0 Å². The molecule has 34 heavy (non-hydrogen) atoms. The Kier molecular flexibility index (Phi) is 9.19. The first-order chi connectivity index (χ1) is 16.0. The van der Waals surface area contributed by atoms with Gasteiger partial charge in [-0.25, -0.2) is 4.79 Å². The summed E-state index contributed by atoms with van der Waals surface area (Å²) in [7, 11) is 0. The first-order valence-corrected chi connectivity index (χ1v) is 11.1. The monoisotopic (exact) mass is 464 g/mol. The van der Waals surface area contributed by atoms with Gasteiger partial charge in [-0.3, -0.25) is 9.59 Å². The van der Waals surface area contributed by atoms with Gasteiger partial charge in [0.15, 0.2) is 0 Å². The third-order valence-electron chi connectivity index (χ3n) is 4.86. The number of hydrogen-bond acceptors (Lipinski definition) is 5. The largest absolute Gasteiger partial charge is 0.444 e. The lowest BCUT2D eigenvalue weighted by molar-refractivity contribution is -0.141. The summed E-state index contributed by atoms with van der Waals surface area (Å²) in [5, 5.41) is 14.8. The molecule has 0 bridgehead atoms. The Balaban J connectivity index is 2.32. The number of hydrogen-bond donors (Lipinski definition) is 2. The summed E-state index contributed by atoms with van der Waals surface area (Å²) in [6, 6.07) is 16.5. The molecular weight excluding hydrogens is 432 g/mol. The minimum atomic E-state index is -1.06. The Morgan fingerprint density at radius 2 is 1.76 bits per heavy atom. The van der Waals surface area contributed by atoms with E-state index in [1.807, 2.05) is 49.4 Å². The maximum absolute atomic E-state index is 13.4. The van der Waals surface area contributed by atoms with E-state index in [1.165, 1.54) is 11.8 Å². The summed E-state index contributed by atoms with van der Waals surface area (Å²) in [5.41, 5.74) is 1.64. The van der Waals surface area contributed by atoms with Crippen molar-refractivity contribution in [3.63, 3.8) is 0 Å². The van der Waals surface area contributed by atoms with Crippen LogP contribution in [0.1, 0.15) is 50.4 Å². The average Bonchev–Trinajstić information content (AvgIpc) is 2.76. The molecule has 3 amide bonds. The summed E-state index contributed by atoms with van der Waals surface area (Å²) >= 11 is 0. The van der Waals surface area contributed by atoms with Crippen LogP contribution in [0.3, 0.4) is 0 Å². The molecule has 180 valence electrons. The number of rotatable bonds is 8. The Bertz CT molecular complexity index is 1040. The van der Waals surface area contributed by atoms with E-state index in [4.69, 9.17) is 4.74 Å². The summed E-state index contributed by atoms with van der Waals surface area (Å²) in [6.07, 6.45) is -0.758. The van der Waals surface area contributed by atoms with Crippen LogP contribution in [-0.2, 0) is 20.9 Å². The normalized spacial score (nSPS) is 12.6. The van der Waals surface area contributed by atoms with Crippen molar-refractivity contribution in [2.75, 3.05) is 6.54 Å². The molecule has 2 rings (SSSR count). The Labute approximate surface area is 200 Å². The van der Waals surface area contributed by atoms with E-state index in [0.29, 0.717) is 5.56 Å². The van der Waals surface area contributed by atoms with E-state index in [2.05, 4.69) is 10.6 Å². The number of ether oxygens (including phenoxy) is 1. The molecule has 8 nitrogen and oxygen atoms in total. The second kappa shape index (κ2) is 11.8. The molecule has 2 unspecified atom stereocenters. The standard InChI is InChI=1S/C26H32N4O4/c1-18-10-9-13-21(16-18)22(23(31)28-17-20-11-7-6-8-12-20)30(15-14-27)24(32)19(2)29-25(33)34-26(3,4)5/h6-13,16,19,22H,15,17H2,1-5H3,(H,28,31)(H,29,33). The van der Waals surface area contributed by atoms with E-state index < -0.39 is 35.6 Å². The van der Waals surface area contributed by atoms with Crippen LogP contribution >= 0.6 is 0 Å². The lowest BCUT2D eigenvalue weighted by Crippen LogP contribution is -2.52. The summed E-state index contributed by atoms with van der Waals surface area (Å²) in [5.74, 6) is -1.00. The lowest BCUT2D eigenvalue weighted by Gasteiger charge is -2.32. The summed E-state index contributed by atoms with van der Waals surface area (Å²) in [4.78, 5) is 40.1. The summed E-state index contributed by atoms with van der Waals surface area (Å²) < 4.78 is 5.23. The van der Waals surface area contributed by atoms with Crippen LogP contribution in [-0.4, -0.2) is 41.0 Å². The minimum absolute atomic E-state index is 0.266. The number of amides is 3. The van der Waals surface area contributed by atoms with Crippen LogP contribution in [0.4, 0.5) is 4.79 Å².